The fourth-order valence-electron chi connectivity index (χ4n) is 2.08. The number of hydrogen-bond acceptors (Lipinski definition) is 5. The van der Waals surface area contributed by atoms with E-state index in [0.717, 1.165) is 5.56 Å². The Morgan fingerprint density at radius 2 is 1.92 bits per heavy atom. The highest BCUT2D eigenvalue weighted by Crippen LogP contribution is 2.22. The zero-order valence-corrected chi connectivity index (χ0v) is 15.5. The molecule has 0 aliphatic heterocycles. The molecule has 6 nitrogen and oxygen atoms in total. The van der Waals surface area contributed by atoms with E-state index in [9.17, 15) is 9.59 Å². The second-order valence-corrected chi connectivity index (χ2v) is 6.52. The molecule has 0 unspecified atom stereocenters. The lowest BCUT2D eigenvalue weighted by molar-refractivity contribution is -0.133. The van der Waals surface area contributed by atoms with Crippen molar-refractivity contribution in [1.29, 1.82) is 0 Å². The third-order valence-corrected chi connectivity index (χ3v) is 4.43. The quantitative estimate of drug-likeness (QED) is 0.531. The van der Waals surface area contributed by atoms with Crippen molar-refractivity contribution >= 4 is 41.0 Å². The Labute approximate surface area is 160 Å². The first-order chi connectivity index (χ1) is 12.5. The van der Waals surface area contributed by atoms with Crippen molar-refractivity contribution in [3.05, 3.63) is 64.7 Å². The molecular weight excluding hydrogens is 376 g/mol. The molecule has 136 valence electrons. The van der Waals surface area contributed by atoms with E-state index >= 15 is 0 Å². The van der Waals surface area contributed by atoms with Crippen LogP contribution in [0.5, 0.6) is 5.75 Å². The van der Waals surface area contributed by atoms with Gasteiger partial charge in [-0.05, 0) is 23.8 Å². The first-order valence-electron chi connectivity index (χ1n) is 7.56. The summed E-state index contributed by atoms with van der Waals surface area (Å²) < 4.78 is 5.17. The Bertz CT molecular complexity index is 812. The Morgan fingerprint density at radius 3 is 2.58 bits per heavy atom. The number of carboxylic acid groups (broad SMARTS) is 1. The molecule has 0 spiro atoms. The predicted octanol–water partition coefficient (Wildman–Crippen LogP) is 3.30. The number of rotatable bonds is 8. The van der Waals surface area contributed by atoms with Gasteiger partial charge in [0.25, 0.3) is 5.91 Å². The van der Waals surface area contributed by atoms with Gasteiger partial charge in [-0.2, -0.15) is 5.10 Å². The molecule has 0 aliphatic carbocycles. The normalized spacial score (nSPS) is 11.1. The molecule has 0 fully saturated rings. The molecule has 0 saturated heterocycles. The molecular formula is C18H17ClN2O4S. The average Bonchev–Trinajstić information content (AvgIpc) is 2.64. The molecule has 0 atom stereocenters. The molecule has 8 heteroatoms. The van der Waals surface area contributed by atoms with Crippen LogP contribution in [0.4, 0.5) is 0 Å². The molecule has 2 N–H and O–H groups in total. The number of carbonyl (C=O) groups is 2. The van der Waals surface area contributed by atoms with E-state index in [2.05, 4.69) is 10.5 Å². The number of thioether (sulfide) groups is 1. The SMILES string of the molecule is COc1ccc(Cl)cc1C(=O)N/N=C(/CSCC(=O)O)c1ccccc1. The predicted molar refractivity (Wildman–Crippen MR) is 103 cm³/mol. The van der Waals surface area contributed by atoms with Gasteiger partial charge < -0.3 is 9.84 Å². The number of halogens is 1. The van der Waals surface area contributed by atoms with Crippen molar-refractivity contribution in [3.8, 4) is 5.75 Å². The Morgan fingerprint density at radius 1 is 1.19 bits per heavy atom. The first kappa shape index (κ1) is 19.8. The van der Waals surface area contributed by atoms with E-state index in [4.69, 9.17) is 21.4 Å². The molecule has 26 heavy (non-hydrogen) atoms. The molecule has 0 heterocycles. The second-order valence-electron chi connectivity index (χ2n) is 5.10. The van der Waals surface area contributed by atoms with Crippen LogP contribution in [0.2, 0.25) is 5.02 Å². The Hall–Kier alpha value is -2.51. The van der Waals surface area contributed by atoms with Crippen molar-refractivity contribution in [2.24, 2.45) is 5.10 Å². The fraction of sp³-hybridized carbons (Fsp3) is 0.167. The minimum Gasteiger partial charge on any atom is -0.496 e. The maximum atomic E-state index is 12.4. The lowest BCUT2D eigenvalue weighted by atomic mass is 10.1. The number of aliphatic carboxylic acids is 1. The lowest BCUT2D eigenvalue weighted by Crippen LogP contribution is -2.22. The smallest absolute Gasteiger partial charge is 0.313 e. The number of nitrogens with zero attached hydrogens (tertiary/aromatic N) is 1. The zero-order chi connectivity index (χ0) is 18.9. The molecule has 1 amide bonds. The third kappa shape index (κ3) is 5.79. The standard InChI is InChI=1S/C18H17ClN2O4S/c1-25-16-8-7-13(19)9-14(16)18(24)21-20-15(10-26-11-17(22)23)12-5-3-2-4-6-12/h2-9H,10-11H2,1H3,(H,21,24)(H,22,23)/b20-15-. The Balaban J connectivity index is 2.20. The maximum absolute atomic E-state index is 12.4. The molecule has 0 aromatic heterocycles. The van der Waals surface area contributed by atoms with E-state index in [1.807, 2.05) is 30.3 Å². The number of methoxy groups -OCH3 is 1. The van der Waals surface area contributed by atoms with Crippen LogP contribution in [-0.4, -0.2) is 41.3 Å². The maximum Gasteiger partial charge on any atom is 0.313 e. The van der Waals surface area contributed by atoms with Crippen LogP contribution in [0.1, 0.15) is 15.9 Å². The van der Waals surface area contributed by atoms with Crippen LogP contribution >= 0.6 is 23.4 Å². The topological polar surface area (TPSA) is 88.0 Å². The highest BCUT2D eigenvalue weighted by atomic mass is 35.5. The summed E-state index contributed by atoms with van der Waals surface area (Å²) in [4.78, 5) is 23.2. The van der Waals surface area contributed by atoms with E-state index in [1.165, 1.54) is 24.9 Å². The molecule has 2 aromatic carbocycles. The number of amides is 1. The summed E-state index contributed by atoms with van der Waals surface area (Å²) >= 11 is 7.14. The number of benzene rings is 2. The first-order valence-corrected chi connectivity index (χ1v) is 9.10. The molecule has 2 aromatic rings. The van der Waals surface area contributed by atoms with Crippen LogP contribution in [0.15, 0.2) is 53.6 Å². The summed E-state index contributed by atoms with van der Waals surface area (Å²) in [5.41, 5.74) is 4.10. The highest BCUT2D eigenvalue weighted by Gasteiger charge is 2.13. The van der Waals surface area contributed by atoms with Crippen molar-refractivity contribution < 1.29 is 19.4 Å². The summed E-state index contributed by atoms with van der Waals surface area (Å²) in [7, 11) is 1.46. The van der Waals surface area contributed by atoms with Gasteiger partial charge in [0, 0.05) is 10.8 Å². The number of carboxylic acids is 1. The van der Waals surface area contributed by atoms with Crippen LogP contribution in [0.3, 0.4) is 0 Å². The van der Waals surface area contributed by atoms with Crippen molar-refractivity contribution in [2.75, 3.05) is 18.6 Å². The minimum atomic E-state index is -0.907. The van der Waals surface area contributed by atoms with Gasteiger partial charge in [0.15, 0.2) is 0 Å². The van der Waals surface area contributed by atoms with Crippen LogP contribution in [0.25, 0.3) is 0 Å². The van der Waals surface area contributed by atoms with Crippen molar-refractivity contribution in [3.63, 3.8) is 0 Å². The van der Waals surface area contributed by atoms with E-state index < -0.39 is 11.9 Å². The monoisotopic (exact) mass is 392 g/mol. The number of hydrazone groups is 1. The summed E-state index contributed by atoms with van der Waals surface area (Å²) in [6.45, 7) is 0. The number of nitrogens with one attached hydrogen (secondary N) is 1. The molecule has 0 radical (unpaired) electrons. The average molecular weight is 393 g/mol. The van der Waals surface area contributed by atoms with Gasteiger partial charge in [-0.25, -0.2) is 5.43 Å². The van der Waals surface area contributed by atoms with Gasteiger partial charge in [0.05, 0.1) is 24.1 Å². The van der Waals surface area contributed by atoms with Gasteiger partial charge >= 0.3 is 5.97 Å². The summed E-state index contributed by atoms with van der Waals surface area (Å²) in [5, 5.41) is 13.4. The number of carbonyl (C=O) groups excluding carboxylic acids is 1. The minimum absolute atomic E-state index is 0.0537. The second kappa shape index (κ2) is 9.84. The van der Waals surface area contributed by atoms with E-state index in [-0.39, 0.29) is 11.3 Å². The summed E-state index contributed by atoms with van der Waals surface area (Å²) in [5.74, 6) is -0.717. The van der Waals surface area contributed by atoms with E-state index in [0.29, 0.717) is 22.2 Å². The summed E-state index contributed by atoms with van der Waals surface area (Å²) in [6, 6.07) is 13.9. The zero-order valence-electron chi connectivity index (χ0n) is 13.9. The van der Waals surface area contributed by atoms with Crippen LogP contribution in [-0.2, 0) is 4.79 Å². The van der Waals surface area contributed by atoms with Crippen LogP contribution < -0.4 is 10.2 Å². The van der Waals surface area contributed by atoms with Crippen LogP contribution in [0, 0.1) is 0 Å². The lowest BCUT2D eigenvalue weighted by Gasteiger charge is -2.09. The largest absolute Gasteiger partial charge is 0.496 e. The van der Waals surface area contributed by atoms with Gasteiger partial charge in [0.2, 0.25) is 0 Å². The summed E-state index contributed by atoms with van der Waals surface area (Å²) in [6.07, 6.45) is 0. The van der Waals surface area contributed by atoms with Crippen molar-refractivity contribution in [1.82, 2.24) is 5.43 Å². The van der Waals surface area contributed by atoms with Crippen molar-refractivity contribution in [2.45, 2.75) is 0 Å². The molecule has 0 bridgehead atoms. The van der Waals surface area contributed by atoms with Gasteiger partial charge in [0.1, 0.15) is 5.75 Å². The van der Waals surface area contributed by atoms with Gasteiger partial charge in [-0.15, -0.1) is 11.8 Å². The Kier molecular flexibility index (Phi) is 7.50. The van der Waals surface area contributed by atoms with Gasteiger partial charge in [-0.1, -0.05) is 41.9 Å². The molecule has 0 aliphatic rings. The third-order valence-electron chi connectivity index (χ3n) is 3.27. The number of ether oxygens (including phenoxy) is 1. The highest BCUT2D eigenvalue weighted by molar-refractivity contribution is 8.00. The number of hydrogen-bond donors (Lipinski definition) is 2. The fourth-order valence-corrected chi connectivity index (χ4v) is 2.96. The van der Waals surface area contributed by atoms with Gasteiger partial charge in [-0.3, -0.25) is 9.59 Å². The van der Waals surface area contributed by atoms with E-state index in [1.54, 1.807) is 12.1 Å². The molecule has 2 rings (SSSR count). The molecule has 0 saturated carbocycles.